The van der Waals surface area contributed by atoms with Crippen LogP contribution in [-0.2, 0) is 25.3 Å². The summed E-state index contributed by atoms with van der Waals surface area (Å²) in [5.41, 5.74) is -0.186. The fraction of sp³-hybridized carbons (Fsp3) is 0.500. The van der Waals surface area contributed by atoms with Crippen LogP contribution in [0, 0.1) is 0 Å². The second kappa shape index (κ2) is 8.03. The Labute approximate surface area is 115 Å². The summed E-state index contributed by atoms with van der Waals surface area (Å²) in [6.45, 7) is 4.21. The van der Waals surface area contributed by atoms with Crippen LogP contribution < -0.4 is 0 Å². The van der Waals surface area contributed by atoms with Gasteiger partial charge in [0.05, 0.1) is 6.61 Å². The van der Waals surface area contributed by atoms with E-state index in [0.717, 1.165) is 5.56 Å². The summed E-state index contributed by atoms with van der Waals surface area (Å²) < 4.78 is 21.8. The molecule has 2 atom stereocenters. The van der Waals surface area contributed by atoms with Crippen LogP contribution in [0.4, 0.5) is 0 Å². The van der Waals surface area contributed by atoms with E-state index in [2.05, 4.69) is 0 Å². The van der Waals surface area contributed by atoms with E-state index in [-0.39, 0.29) is 12.8 Å². The van der Waals surface area contributed by atoms with E-state index >= 15 is 0 Å². The number of carbonyl (C=O) groups is 1. The van der Waals surface area contributed by atoms with Crippen LogP contribution >= 0.6 is 8.46 Å². The van der Waals surface area contributed by atoms with E-state index in [9.17, 15) is 9.36 Å². The molecule has 2 unspecified atom stereocenters. The van der Waals surface area contributed by atoms with Gasteiger partial charge in [-0.1, -0.05) is 34.9 Å². The zero-order valence-corrected chi connectivity index (χ0v) is 12.3. The van der Waals surface area contributed by atoms with Crippen molar-refractivity contribution in [1.82, 2.24) is 0 Å². The molecule has 0 fully saturated rings. The molecule has 1 aromatic rings. The van der Waals surface area contributed by atoms with Gasteiger partial charge in [-0.05, 0) is 19.4 Å². The highest BCUT2D eigenvalue weighted by Gasteiger charge is 2.44. The highest BCUT2D eigenvalue weighted by molar-refractivity contribution is 7.23. The van der Waals surface area contributed by atoms with Crippen molar-refractivity contribution >= 4 is 14.4 Å². The third-order valence-electron chi connectivity index (χ3n) is 2.76. The van der Waals surface area contributed by atoms with Crippen LogP contribution in [0.3, 0.4) is 0 Å². The number of hydrogen-bond donors (Lipinski definition) is 0. The fourth-order valence-corrected chi connectivity index (χ4v) is 2.55. The summed E-state index contributed by atoms with van der Waals surface area (Å²) in [5.74, 6) is -0.441. The fourth-order valence-electron chi connectivity index (χ4n) is 1.95. The third-order valence-corrected chi connectivity index (χ3v) is 3.47. The molecule has 0 bridgehead atoms. The highest BCUT2D eigenvalue weighted by Crippen LogP contribution is 2.24. The lowest BCUT2D eigenvalue weighted by Crippen LogP contribution is -2.47. The van der Waals surface area contributed by atoms with Gasteiger partial charge in [0.25, 0.3) is 0 Å². The van der Waals surface area contributed by atoms with E-state index in [1.807, 2.05) is 37.3 Å². The molecule has 0 saturated heterocycles. The smallest absolute Gasteiger partial charge is 0.343 e. The van der Waals surface area contributed by atoms with Gasteiger partial charge in [-0.3, -0.25) is 0 Å². The first-order valence-electron chi connectivity index (χ1n) is 6.38. The van der Waals surface area contributed by atoms with E-state index in [4.69, 9.17) is 9.47 Å². The van der Waals surface area contributed by atoms with Gasteiger partial charge in [-0.2, -0.15) is 0 Å². The molecule has 1 aromatic carbocycles. The maximum atomic E-state index is 12.2. The molecule has 0 saturated carbocycles. The average molecular weight is 283 g/mol. The molecule has 0 aromatic heterocycles. The first kappa shape index (κ1) is 15.8. The van der Waals surface area contributed by atoms with Gasteiger partial charge < -0.3 is 9.47 Å². The van der Waals surface area contributed by atoms with E-state index < -0.39 is 20.0 Å². The topological polar surface area (TPSA) is 52.6 Å². The Bertz CT molecular complexity index is 407. The molecular weight excluding hydrogens is 263 g/mol. The average Bonchev–Trinajstić information content (AvgIpc) is 2.40. The van der Waals surface area contributed by atoms with Crippen molar-refractivity contribution in [2.75, 3.05) is 19.4 Å². The predicted octanol–water partition coefficient (Wildman–Crippen LogP) is 2.59. The van der Waals surface area contributed by atoms with Crippen LogP contribution in [0.15, 0.2) is 30.3 Å². The summed E-state index contributed by atoms with van der Waals surface area (Å²) in [4.78, 5) is 12.2. The van der Waals surface area contributed by atoms with Crippen molar-refractivity contribution in [3.63, 3.8) is 0 Å². The first-order valence-corrected chi connectivity index (χ1v) is 7.50. The number of esters is 1. The maximum absolute atomic E-state index is 12.2. The van der Waals surface area contributed by atoms with Crippen LogP contribution in [0.25, 0.3) is 0 Å². The molecule has 104 valence electrons. The summed E-state index contributed by atoms with van der Waals surface area (Å²) in [6, 6.07) is 9.54. The number of benzene rings is 1. The van der Waals surface area contributed by atoms with Crippen molar-refractivity contribution < 1.29 is 18.8 Å². The molecule has 1 rings (SSSR count). The molecule has 0 heterocycles. The Balaban J connectivity index is 3.00. The Hall–Kier alpha value is -1.25. The summed E-state index contributed by atoms with van der Waals surface area (Å²) in [5, 5.41) is 0. The van der Waals surface area contributed by atoms with E-state index in [0.29, 0.717) is 13.0 Å². The molecule has 19 heavy (non-hydrogen) atoms. The lowest BCUT2D eigenvalue weighted by atomic mass is 9.96. The first-order chi connectivity index (χ1) is 9.18. The largest absolute Gasteiger partial charge is 0.464 e. The summed E-state index contributed by atoms with van der Waals surface area (Å²) in [6.07, 6.45) is 0.518. The van der Waals surface area contributed by atoms with Crippen LogP contribution in [-0.4, -0.2) is 30.9 Å². The van der Waals surface area contributed by atoms with Crippen molar-refractivity contribution in [3.05, 3.63) is 35.9 Å². The van der Waals surface area contributed by atoms with Gasteiger partial charge in [0.15, 0.2) is 6.16 Å². The summed E-state index contributed by atoms with van der Waals surface area (Å²) in [7, 11) is -0.608. The Morgan fingerprint density at radius 2 is 1.89 bits per heavy atom. The number of rotatable bonds is 8. The van der Waals surface area contributed by atoms with Crippen molar-refractivity contribution in [3.8, 4) is 0 Å². The van der Waals surface area contributed by atoms with Crippen molar-refractivity contribution in [2.45, 2.75) is 25.9 Å². The normalized spacial score (nSPS) is 14.0. The van der Waals surface area contributed by atoms with E-state index in [1.165, 1.54) is 0 Å². The van der Waals surface area contributed by atoms with Crippen LogP contribution in [0.2, 0.25) is 0 Å². The summed E-state index contributed by atoms with van der Waals surface area (Å²) >= 11 is 0. The zero-order chi connectivity index (χ0) is 14.1. The second-order valence-corrected chi connectivity index (χ2v) is 4.77. The molecule has 5 heteroatoms. The maximum Gasteiger partial charge on any atom is 0.343 e. The lowest BCUT2D eigenvalue weighted by molar-refractivity contribution is -0.168. The number of carbonyl (C=O) groups excluding carboxylic acids is 1. The molecule has 0 aliphatic carbocycles. The molecule has 0 amide bonds. The quantitative estimate of drug-likeness (QED) is 0.543. The molecular formula is C14H20O4P+. The van der Waals surface area contributed by atoms with Gasteiger partial charge in [-0.15, -0.1) is 0 Å². The van der Waals surface area contributed by atoms with Crippen LogP contribution in [0.1, 0.15) is 19.4 Å². The lowest BCUT2D eigenvalue weighted by Gasteiger charge is -2.27. The Morgan fingerprint density at radius 3 is 2.42 bits per heavy atom. The Morgan fingerprint density at radius 1 is 1.21 bits per heavy atom. The minimum atomic E-state index is -1.15. The molecule has 0 radical (unpaired) electrons. The van der Waals surface area contributed by atoms with Crippen molar-refractivity contribution in [1.29, 1.82) is 0 Å². The molecule has 0 spiro atoms. The van der Waals surface area contributed by atoms with Gasteiger partial charge in [0.1, 0.15) is 0 Å². The highest BCUT2D eigenvalue weighted by atomic mass is 31.1. The molecule has 0 aliphatic rings. The molecule has 0 N–H and O–H groups in total. The van der Waals surface area contributed by atoms with Gasteiger partial charge >= 0.3 is 14.4 Å². The van der Waals surface area contributed by atoms with E-state index in [1.54, 1.807) is 6.92 Å². The van der Waals surface area contributed by atoms with Gasteiger partial charge in [0, 0.05) is 13.0 Å². The molecule has 0 aliphatic heterocycles. The standard InChI is InChI=1S/C14H19O4P/c1-3-17-13(15)14(11-19-16,18-4-2)10-12-8-6-5-7-9-12/h5-9H,3-4,10-11H2,1-2H3/p+1. The predicted molar refractivity (Wildman–Crippen MR) is 75.0 cm³/mol. The van der Waals surface area contributed by atoms with Gasteiger partial charge in [-0.25, -0.2) is 4.79 Å². The number of ether oxygens (including phenoxy) is 2. The van der Waals surface area contributed by atoms with Crippen LogP contribution in [0.5, 0.6) is 0 Å². The number of hydrogen-bond acceptors (Lipinski definition) is 4. The second-order valence-electron chi connectivity index (χ2n) is 4.13. The third kappa shape index (κ3) is 4.41. The minimum Gasteiger partial charge on any atom is -0.464 e. The van der Waals surface area contributed by atoms with Crippen molar-refractivity contribution in [2.24, 2.45) is 0 Å². The van der Waals surface area contributed by atoms with Gasteiger partial charge in [0.2, 0.25) is 5.60 Å². The Kier molecular flexibility index (Phi) is 6.68. The SMILES string of the molecule is CCOC(=O)C(C[PH+]=O)(Cc1ccccc1)OCC. The monoisotopic (exact) mass is 283 g/mol. The minimum absolute atomic E-state index is 0.147. The zero-order valence-electron chi connectivity index (χ0n) is 11.3. The molecule has 4 nitrogen and oxygen atoms in total.